The first-order chi connectivity index (χ1) is 7.08. The molecule has 2 rings (SSSR count). The van der Waals surface area contributed by atoms with Crippen LogP contribution in [0.3, 0.4) is 0 Å². The van der Waals surface area contributed by atoms with Crippen LogP contribution in [0, 0.1) is 11.6 Å². The average Bonchev–Trinajstić information content (AvgIpc) is 2.16. The molecule has 0 saturated carbocycles. The molecule has 1 aromatic carbocycles. The second-order valence-corrected chi connectivity index (χ2v) is 3.60. The minimum atomic E-state index is -1.01. The van der Waals surface area contributed by atoms with E-state index in [9.17, 15) is 13.6 Å². The number of likely N-dealkylation sites (tertiary alicyclic amines) is 1. The van der Waals surface area contributed by atoms with Gasteiger partial charge in [0.1, 0.15) is 0 Å². The molecule has 1 amide bonds. The Bertz CT molecular complexity index is 402. The van der Waals surface area contributed by atoms with E-state index < -0.39 is 11.6 Å². The molecule has 1 aliphatic rings. The summed E-state index contributed by atoms with van der Waals surface area (Å²) < 4.78 is 25.4. The number of hydrogen-bond acceptors (Lipinski definition) is 2. The van der Waals surface area contributed by atoms with Crippen LogP contribution in [0.4, 0.5) is 8.78 Å². The molecule has 1 heterocycles. The van der Waals surface area contributed by atoms with Gasteiger partial charge in [0.15, 0.2) is 11.6 Å². The average molecular weight is 212 g/mol. The lowest BCUT2D eigenvalue weighted by molar-refractivity contribution is 0.0607. The summed E-state index contributed by atoms with van der Waals surface area (Å²) in [4.78, 5) is 13.1. The molecule has 15 heavy (non-hydrogen) atoms. The van der Waals surface area contributed by atoms with Gasteiger partial charge in [0.2, 0.25) is 0 Å². The maximum atomic E-state index is 12.8. The van der Waals surface area contributed by atoms with Gasteiger partial charge in [0.05, 0.1) is 0 Å². The third kappa shape index (κ3) is 1.83. The molecule has 0 spiro atoms. The number of nitrogens with zero attached hydrogens (tertiary/aromatic N) is 1. The van der Waals surface area contributed by atoms with E-state index in [-0.39, 0.29) is 17.5 Å². The molecule has 2 N–H and O–H groups in total. The van der Waals surface area contributed by atoms with E-state index in [4.69, 9.17) is 5.73 Å². The Labute approximate surface area is 85.5 Å². The number of halogens is 2. The molecule has 80 valence electrons. The molecule has 0 atom stereocenters. The quantitative estimate of drug-likeness (QED) is 0.746. The lowest BCUT2D eigenvalue weighted by Crippen LogP contribution is -2.57. The van der Waals surface area contributed by atoms with Gasteiger partial charge >= 0.3 is 0 Å². The molecule has 0 radical (unpaired) electrons. The molecule has 1 saturated heterocycles. The Morgan fingerprint density at radius 3 is 2.53 bits per heavy atom. The van der Waals surface area contributed by atoms with Crippen molar-refractivity contribution >= 4 is 5.91 Å². The lowest BCUT2D eigenvalue weighted by atomic mass is 10.1. The predicted molar refractivity (Wildman–Crippen MR) is 50.2 cm³/mol. The first kappa shape index (κ1) is 10.0. The van der Waals surface area contributed by atoms with Crippen LogP contribution >= 0.6 is 0 Å². The molecule has 0 aromatic heterocycles. The van der Waals surface area contributed by atoms with E-state index in [2.05, 4.69) is 0 Å². The Morgan fingerprint density at radius 1 is 1.33 bits per heavy atom. The standard InChI is InChI=1S/C10H10F2N2O/c11-8-2-1-6(3-9(8)12)10(15)14-4-7(13)5-14/h1-3,7H,4-5,13H2. The van der Waals surface area contributed by atoms with Crippen LogP contribution in [0.1, 0.15) is 10.4 Å². The zero-order chi connectivity index (χ0) is 11.0. The summed E-state index contributed by atoms with van der Waals surface area (Å²) in [6.07, 6.45) is 0. The summed E-state index contributed by atoms with van der Waals surface area (Å²) in [5, 5.41) is 0. The molecule has 0 unspecified atom stereocenters. The fourth-order valence-electron chi connectivity index (χ4n) is 1.49. The maximum absolute atomic E-state index is 12.8. The van der Waals surface area contributed by atoms with Crippen LogP contribution in [0.2, 0.25) is 0 Å². The monoisotopic (exact) mass is 212 g/mol. The van der Waals surface area contributed by atoms with Crippen molar-refractivity contribution in [3.8, 4) is 0 Å². The number of benzene rings is 1. The largest absolute Gasteiger partial charge is 0.335 e. The Morgan fingerprint density at radius 2 is 2.00 bits per heavy atom. The first-order valence-electron chi connectivity index (χ1n) is 4.58. The number of carbonyl (C=O) groups excluding carboxylic acids is 1. The number of rotatable bonds is 1. The van der Waals surface area contributed by atoms with E-state index >= 15 is 0 Å². The summed E-state index contributed by atoms with van der Waals surface area (Å²) in [6.45, 7) is 0.940. The van der Waals surface area contributed by atoms with Gasteiger partial charge in [-0.1, -0.05) is 0 Å². The van der Waals surface area contributed by atoms with Crippen molar-refractivity contribution in [1.82, 2.24) is 4.90 Å². The van der Waals surface area contributed by atoms with Crippen molar-refractivity contribution in [3.05, 3.63) is 35.4 Å². The highest BCUT2D eigenvalue weighted by Crippen LogP contribution is 2.14. The van der Waals surface area contributed by atoms with E-state index in [1.54, 1.807) is 0 Å². The maximum Gasteiger partial charge on any atom is 0.254 e. The van der Waals surface area contributed by atoms with Crippen LogP contribution in [-0.4, -0.2) is 29.9 Å². The molecule has 0 bridgehead atoms. The fraction of sp³-hybridized carbons (Fsp3) is 0.300. The Kier molecular flexibility index (Phi) is 2.40. The van der Waals surface area contributed by atoms with Gasteiger partial charge in [-0.3, -0.25) is 4.79 Å². The minimum Gasteiger partial charge on any atom is -0.335 e. The second kappa shape index (κ2) is 3.58. The van der Waals surface area contributed by atoms with Crippen LogP contribution in [-0.2, 0) is 0 Å². The zero-order valence-corrected chi connectivity index (χ0v) is 7.91. The van der Waals surface area contributed by atoms with Gasteiger partial charge in [-0.2, -0.15) is 0 Å². The van der Waals surface area contributed by atoms with Crippen molar-refractivity contribution in [1.29, 1.82) is 0 Å². The lowest BCUT2D eigenvalue weighted by Gasteiger charge is -2.36. The minimum absolute atomic E-state index is 0.000699. The molecule has 0 aliphatic carbocycles. The summed E-state index contributed by atoms with van der Waals surface area (Å²) in [7, 11) is 0. The van der Waals surface area contributed by atoms with E-state index in [0.717, 1.165) is 12.1 Å². The fourth-order valence-corrected chi connectivity index (χ4v) is 1.49. The second-order valence-electron chi connectivity index (χ2n) is 3.60. The molecule has 5 heteroatoms. The smallest absolute Gasteiger partial charge is 0.254 e. The summed E-state index contributed by atoms with van der Waals surface area (Å²) in [5.74, 6) is -2.27. The number of carbonyl (C=O) groups is 1. The first-order valence-corrected chi connectivity index (χ1v) is 4.58. The highest BCUT2D eigenvalue weighted by Gasteiger charge is 2.28. The Balaban J connectivity index is 2.16. The molecular weight excluding hydrogens is 202 g/mol. The number of nitrogens with two attached hydrogens (primary N) is 1. The SMILES string of the molecule is NC1CN(C(=O)c2ccc(F)c(F)c2)C1. The van der Waals surface area contributed by atoms with Crippen molar-refractivity contribution in [2.45, 2.75) is 6.04 Å². The third-order valence-corrected chi connectivity index (χ3v) is 2.36. The van der Waals surface area contributed by atoms with Crippen LogP contribution < -0.4 is 5.73 Å². The summed E-state index contributed by atoms with van der Waals surface area (Å²) in [5.41, 5.74) is 5.66. The topological polar surface area (TPSA) is 46.3 Å². The van der Waals surface area contributed by atoms with Crippen molar-refractivity contribution < 1.29 is 13.6 Å². The molecule has 1 fully saturated rings. The highest BCUT2D eigenvalue weighted by atomic mass is 19.2. The van der Waals surface area contributed by atoms with E-state index in [1.165, 1.54) is 11.0 Å². The van der Waals surface area contributed by atoms with Gasteiger partial charge in [-0.05, 0) is 18.2 Å². The zero-order valence-electron chi connectivity index (χ0n) is 7.91. The van der Waals surface area contributed by atoms with Gasteiger partial charge in [-0.15, -0.1) is 0 Å². The molecule has 3 nitrogen and oxygen atoms in total. The van der Waals surface area contributed by atoms with E-state index in [0.29, 0.717) is 13.1 Å². The van der Waals surface area contributed by atoms with Crippen molar-refractivity contribution in [2.24, 2.45) is 5.73 Å². The van der Waals surface area contributed by atoms with Gasteiger partial charge in [0, 0.05) is 24.7 Å². The van der Waals surface area contributed by atoms with Crippen molar-refractivity contribution in [3.63, 3.8) is 0 Å². The van der Waals surface area contributed by atoms with Gasteiger partial charge in [0.25, 0.3) is 5.91 Å². The predicted octanol–water partition coefficient (Wildman–Crippen LogP) is 0.748. The summed E-state index contributed by atoms with van der Waals surface area (Å²) >= 11 is 0. The molecular formula is C10H10F2N2O. The highest BCUT2D eigenvalue weighted by molar-refractivity contribution is 5.94. The Hall–Kier alpha value is -1.49. The van der Waals surface area contributed by atoms with Crippen LogP contribution in [0.25, 0.3) is 0 Å². The molecule has 1 aliphatic heterocycles. The molecule has 1 aromatic rings. The van der Waals surface area contributed by atoms with Crippen LogP contribution in [0.5, 0.6) is 0 Å². The number of hydrogen-bond donors (Lipinski definition) is 1. The summed E-state index contributed by atoms with van der Waals surface area (Å²) in [6, 6.07) is 3.12. The van der Waals surface area contributed by atoms with Gasteiger partial charge < -0.3 is 10.6 Å². The number of amides is 1. The normalized spacial score (nSPS) is 16.3. The van der Waals surface area contributed by atoms with Crippen molar-refractivity contribution in [2.75, 3.05) is 13.1 Å². The van der Waals surface area contributed by atoms with E-state index in [1.807, 2.05) is 0 Å². The van der Waals surface area contributed by atoms with Crippen LogP contribution in [0.15, 0.2) is 18.2 Å². The third-order valence-electron chi connectivity index (χ3n) is 2.36. The van der Waals surface area contributed by atoms with Gasteiger partial charge in [-0.25, -0.2) is 8.78 Å².